The van der Waals surface area contributed by atoms with Gasteiger partial charge in [-0.25, -0.2) is 9.37 Å². The van der Waals surface area contributed by atoms with E-state index in [1.807, 2.05) is 10.3 Å². The summed E-state index contributed by atoms with van der Waals surface area (Å²) < 4.78 is 19.3. The van der Waals surface area contributed by atoms with Crippen molar-refractivity contribution in [3.05, 3.63) is 76.5 Å². The van der Waals surface area contributed by atoms with Crippen LogP contribution in [0.3, 0.4) is 0 Å². The molecule has 1 aliphatic rings. The van der Waals surface area contributed by atoms with Crippen molar-refractivity contribution < 1.29 is 18.7 Å². The van der Waals surface area contributed by atoms with Gasteiger partial charge in [-0.1, -0.05) is 24.3 Å². The van der Waals surface area contributed by atoms with Crippen molar-refractivity contribution in [2.45, 2.75) is 18.8 Å². The number of hydrogen-bond donors (Lipinski definition) is 1. The Bertz CT molecular complexity index is 1060. The first-order chi connectivity index (χ1) is 15.1. The smallest absolute Gasteiger partial charge is 0.262 e. The van der Waals surface area contributed by atoms with E-state index in [4.69, 9.17) is 4.74 Å². The van der Waals surface area contributed by atoms with Crippen LogP contribution in [0.2, 0.25) is 0 Å². The normalized spacial score (nSPS) is 16.0. The third-order valence-electron chi connectivity index (χ3n) is 5.13. The van der Waals surface area contributed by atoms with Crippen LogP contribution in [0.25, 0.3) is 0 Å². The quantitative estimate of drug-likeness (QED) is 0.621. The van der Waals surface area contributed by atoms with Crippen molar-refractivity contribution in [1.29, 1.82) is 0 Å². The third-order valence-corrected chi connectivity index (χ3v) is 6.07. The van der Waals surface area contributed by atoms with Gasteiger partial charge >= 0.3 is 0 Å². The molecule has 2 amide bonds. The Kier molecular flexibility index (Phi) is 6.57. The molecule has 1 fully saturated rings. The number of ether oxygens (including phenoxy) is 1. The molecule has 0 spiro atoms. The minimum absolute atomic E-state index is 0.0852. The number of nitrogens with zero attached hydrogens (tertiary/aromatic N) is 2. The fourth-order valence-electron chi connectivity index (χ4n) is 3.63. The highest BCUT2D eigenvalue weighted by Crippen LogP contribution is 2.30. The van der Waals surface area contributed by atoms with Gasteiger partial charge in [0.15, 0.2) is 6.61 Å². The molecule has 1 N–H and O–H groups in total. The van der Waals surface area contributed by atoms with Crippen LogP contribution in [0.4, 0.5) is 10.1 Å². The number of aromatic nitrogens is 1. The second-order valence-corrected chi connectivity index (χ2v) is 8.20. The zero-order valence-corrected chi connectivity index (χ0v) is 17.6. The molecule has 31 heavy (non-hydrogen) atoms. The van der Waals surface area contributed by atoms with Gasteiger partial charge in [-0.05, 0) is 37.1 Å². The number of piperidine rings is 1. The second kappa shape index (κ2) is 9.70. The predicted molar refractivity (Wildman–Crippen MR) is 117 cm³/mol. The molecule has 0 aliphatic carbocycles. The molecule has 1 aromatic heterocycles. The highest BCUT2D eigenvalue weighted by atomic mass is 32.1. The highest BCUT2D eigenvalue weighted by molar-refractivity contribution is 7.09. The Morgan fingerprint density at radius 3 is 2.81 bits per heavy atom. The van der Waals surface area contributed by atoms with Gasteiger partial charge in [0.05, 0.1) is 16.3 Å². The lowest BCUT2D eigenvalue weighted by molar-refractivity contribution is -0.118. The Morgan fingerprint density at radius 2 is 2.00 bits per heavy atom. The van der Waals surface area contributed by atoms with Gasteiger partial charge in [0.2, 0.25) is 0 Å². The first-order valence-corrected chi connectivity index (χ1v) is 10.9. The maximum atomic E-state index is 13.7. The minimum Gasteiger partial charge on any atom is -0.483 e. The third kappa shape index (κ3) is 5.08. The summed E-state index contributed by atoms with van der Waals surface area (Å²) in [4.78, 5) is 31.6. The number of carbonyl (C=O) groups is 2. The van der Waals surface area contributed by atoms with E-state index in [2.05, 4.69) is 10.3 Å². The van der Waals surface area contributed by atoms with Crippen molar-refractivity contribution in [3.8, 4) is 5.75 Å². The van der Waals surface area contributed by atoms with Crippen molar-refractivity contribution >= 4 is 28.8 Å². The predicted octanol–water partition coefficient (Wildman–Crippen LogP) is 4.32. The molecule has 3 aromatic rings. The molecule has 8 heteroatoms. The van der Waals surface area contributed by atoms with E-state index in [9.17, 15) is 14.0 Å². The lowest BCUT2D eigenvalue weighted by atomic mass is 9.98. The zero-order valence-electron chi connectivity index (χ0n) is 16.8. The van der Waals surface area contributed by atoms with Crippen LogP contribution < -0.4 is 10.1 Å². The summed E-state index contributed by atoms with van der Waals surface area (Å²) in [5.41, 5.74) is 0.489. The molecule has 1 saturated heterocycles. The average Bonchev–Trinajstić information content (AvgIpc) is 3.34. The summed E-state index contributed by atoms with van der Waals surface area (Å²) in [6.45, 7) is 0.942. The molecule has 1 unspecified atom stereocenters. The number of para-hydroxylation sites is 2. The number of nitrogens with one attached hydrogen (secondary N) is 1. The van der Waals surface area contributed by atoms with E-state index in [1.165, 1.54) is 12.1 Å². The number of carbonyl (C=O) groups excluding carboxylic acids is 2. The first-order valence-electron chi connectivity index (χ1n) is 10.1. The largest absolute Gasteiger partial charge is 0.483 e. The number of hydrogen-bond acceptors (Lipinski definition) is 5. The van der Waals surface area contributed by atoms with Crippen molar-refractivity contribution in [2.75, 3.05) is 25.0 Å². The van der Waals surface area contributed by atoms with Gasteiger partial charge in [-0.2, -0.15) is 0 Å². The molecule has 0 saturated carbocycles. The molecular formula is C23H22FN3O3S. The van der Waals surface area contributed by atoms with Gasteiger partial charge in [-0.3, -0.25) is 9.59 Å². The summed E-state index contributed by atoms with van der Waals surface area (Å²) in [5.74, 6) is -0.600. The van der Waals surface area contributed by atoms with E-state index in [0.717, 1.165) is 17.8 Å². The van der Waals surface area contributed by atoms with Crippen molar-refractivity contribution in [2.24, 2.45) is 0 Å². The summed E-state index contributed by atoms with van der Waals surface area (Å²) in [6.07, 6.45) is 3.70. The summed E-state index contributed by atoms with van der Waals surface area (Å²) in [7, 11) is 0. The van der Waals surface area contributed by atoms with Gasteiger partial charge in [0.25, 0.3) is 11.8 Å². The molecule has 1 aliphatic heterocycles. The number of rotatable bonds is 6. The van der Waals surface area contributed by atoms with Crippen molar-refractivity contribution in [1.82, 2.24) is 9.88 Å². The molecule has 2 heterocycles. The van der Waals surface area contributed by atoms with E-state index >= 15 is 0 Å². The van der Waals surface area contributed by atoms with Gasteiger partial charge in [0, 0.05) is 30.6 Å². The van der Waals surface area contributed by atoms with E-state index in [-0.39, 0.29) is 24.1 Å². The summed E-state index contributed by atoms with van der Waals surface area (Å²) in [5, 5.41) is 5.47. The maximum Gasteiger partial charge on any atom is 0.262 e. The van der Waals surface area contributed by atoms with Crippen LogP contribution in [0, 0.1) is 5.82 Å². The number of halogens is 1. The number of benzene rings is 2. The maximum absolute atomic E-state index is 13.7. The SMILES string of the molecule is O=C(COc1ccccc1C(=O)N1CCCC(c2nccs2)C1)Nc1ccccc1F. The van der Waals surface area contributed by atoms with Crippen LogP contribution in [-0.2, 0) is 4.79 Å². The molecule has 4 rings (SSSR count). The average molecular weight is 440 g/mol. The zero-order chi connectivity index (χ0) is 21.6. The Morgan fingerprint density at radius 1 is 1.19 bits per heavy atom. The molecule has 6 nitrogen and oxygen atoms in total. The van der Waals surface area contributed by atoms with Gasteiger partial charge in [-0.15, -0.1) is 11.3 Å². The number of anilines is 1. The lowest BCUT2D eigenvalue weighted by Gasteiger charge is -2.32. The van der Waals surface area contributed by atoms with E-state index in [1.54, 1.807) is 53.9 Å². The van der Waals surface area contributed by atoms with Crippen LogP contribution in [0.1, 0.15) is 34.1 Å². The number of thiazole rings is 1. The molecule has 0 radical (unpaired) electrons. The number of likely N-dealkylation sites (tertiary alicyclic amines) is 1. The lowest BCUT2D eigenvalue weighted by Crippen LogP contribution is -2.39. The summed E-state index contributed by atoms with van der Waals surface area (Å²) >= 11 is 1.61. The Labute approximate surface area is 183 Å². The monoisotopic (exact) mass is 439 g/mol. The van der Waals surface area contributed by atoms with Gasteiger partial charge in [0.1, 0.15) is 11.6 Å². The summed E-state index contributed by atoms with van der Waals surface area (Å²) in [6, 6.07) is 12.8. The fourth-order valence-corrected chi connectivity index (χ4v) is 4.40. The van der Waals surface area contributed by atoms with Crippen LogP contribution in [0.15, 0.2) is 60.1 Å². The van der Waals surface area contributed by atoms with Gasteiger partial charge < -0.3 is 15.0 Å². The molecular weight excluding hydrogens is 417 g/mol. The highest BCUT2D eigenvalue weighted by Gasteiger charge is 2.28. The van der Waals surface area contributed by atoms with E-state index in [0.29, 0.717) is 24.4 Å². The molecule has 160 valence electrons. The fraction of sp³-hybridized carbons (Fsp3) is 0.261. The van der Waals surface area contributed by atoms with Crippen LogP contribution in [0.5, 0.6) is 5.75 Å². The molecule has 2 aromatic carbocycles. The molecule has 1 atom stereocenters. The van der Waals surface area contributed by atoms with Crippen molar-refractivity contribution in [3.63, 3.8) is 0 Å². The van der Waals surface area contributed by atoms with Crippen LogP contribution >= 0.6 is 11.3 Å². The second-order valence-electron chi connectivity index (χ2n) is 7.27. The topological polar surface area (TPSA) is 71.5 Å². The first kappa shape index (κ1) is 21.0. The Hall–Kier alpha value is -3.26. The number of amides is 2. The van der Waals surface area contributed by atoms with E-state index < -0.39 is 11.7 Å². The standard InChI is InChI=1S/C23H22FN3O3S/c24-18-8-2-3-9-19(18)26-21(28)15-30-20-10-4-1-7-17(20)23(29)27-12-5-6-16(14-27)22-25-11-13-31-22/h1-4,7-11,13,16H,5-6,12,14-15H2,(H,26,28). The Balaban J connectivity index is 1.41. The molecule has 0 bridgehead atoms. The van der Waals surface area contributed by atoms with Crippen LogP contribution in [-0.4, -0.2) is 41.4 Å². The minimum atomic E-state index is -0.522.